The molecule has 0 radical (unpaired) electrons. The van der Waals surface area contributed by atoms with E-state index in [4.69, 9.17) is 14.2 Å². The summed E-state index contributed by atoms with van der Waals surface area (Å²) in [5, 5.41) is 3.87. The van der Waals surface area contributed by atoms with Gasteiger partial charge < -0.3 is 14.2 Å². The van der Waals surface area contributed by atoms with Crippen molar-refractivity contribution in [3.05, 3.63) is 22.4 Å². The molecule has 4 rings (SSSR count). The largest absolute Gasteiger partial charge is 0.469 e. The topological polar surface area (TPSA) is 96.0 Å². The molecule has 3 fully saturated rings. The molecule has 1 saturated heterocycles. The van der Waals surface area contributed by atoms with E-state index in [2.05, 4.69) is 0 Å². The van der Waals surface area contributed by atoms with Crippen LogP contribution in [0.4, 0.5) is 0 Å². The molecule has 3 aliphatic rings. The summed E-state index contributed by atoms with van der Waals surface area (Å²) in [7, 11) is 1.33. The maximum Gasteiger partial charge on any atom is 0.309 e. The number of carbonyl (C=O) groups excluding carboxylic acids is 4. The summed E-state index contributed by atoms with van der Waals surface area (Å²) in [5.74, 6) is -3.27. The lowest BCUT2D eigenvalue weighted by Crippen LogP contribution is -2.61. The number of cyclic esters (lactones) is 1. The van der Waals surface area contributed by atoms with Crippen LogP contribution in [0.2, 0.25) is 0 Å². The minimum Gasteiger partial charge on any atom is -0.469 e. The molecule has 2 aliphatic carbocycles. The fourth-order valence-electron chi connectivity index (χ4n) is 5.88. The Hall–Kier alpha value is -2.22. The maximum absolute atomic E-state index is 13.5. The van der Waals surface area contributed by atoms with Crippen LogP contribution in [0.1, 0.15) is 51.2 Å². The van der Waals surface area contributed by atoms with Gasteiger partial charge in [0.2, 0.25) is 0 Å². The first-order valence-corrected chi connectivity index (χ1v) is 11.2. The third-order valence-corrected chi connectivity index (χ3v) is 7.98. The van der Waals surface area contributed by atoms with Gasteiger partial charge >= 0.3 is 17.9 Å². The Morgan fingerprint density at radius 3 is 2.67 bits per heavy atom. The van der Waals surface area contributed by atoms with Crippen molar-refractivity contribution in [1.82, 2.24) is 0 Å². The van der Waals surface area contributed by atoms with Crippen LogP contribution < -0.4 is 0 Å². The molecule has 162 valence electrons. The highest BCUT2D eigenvalue weighted by atomic mass is 32.1. The smallest absolute Gasteiger partial charge is 0.309 e. The van der Waals surface area contributed by atoms with E-state index in [1.54, 1.807) is 0 Å². The van der Waals surface area contributed by atoms with E-state index >= 15 is 0 Å². The SMILES string of the molecule is COC(=O)[C@@H]1C[C@H](OC(C)=O)C(=O)[C@@H]2[C@H]3C[C@H](c4ccsc4)OC(=O)[C@@H]3CC[C@]21C. The van der Waals surface area contributed by atoms with Gasteiger partial charge in [-0.3, -0.25) is 19.2 Å². The number of carbonyl (C=O) groups is 4. The van der Waals surface area contributed by atoms with Gasteiger partial charge in [0, 0.05) is 24.8 Å². The van der Waals surface area contributed by atoms with Crippen LogP contribution in [0.5, 0.6) is 0 Å². The fraction of sp³-hybridized carbons (Fsp3) is 0.636. The van der Waals surface area contributed by atoms with Crippen LogP contribution in [-0.2, 0) is 33.4 Å². The Morgan fingerprint density at radius 2 is 2.03 bits per heavy atom. The van der Waals surface area contributed by atoms with Crippen molar-refractivity contribution in [3.63, 3.8) is 0 Å². The molecule has 0 amide bonds. The van der Waals surface area contributed by atoms with Crippen molar-refractivity contribution in [1.29, 1.82) is 0 Å². The predicted octanol–water partition coefficient (Wildman–Crippen LogP) is 3.08. The standard InChI is InChI=1S/C22H26O7S/c1-11(23)28-17-9-15(21(26)27-3)22(2)6-4-13-14(18(22)19(17)24)8-16(29-20(13)25)12-5-7-30-10-12/h5,7,10,13-18H,4,6,8-9H2,1-3H3/t13-,14+,15+,16-,17+,18+,22+/m1/s1. The molecule has 1 aliphatic heterocycles. The first-order chi connectivity index (χ1) is 14.3. The van der Waals surface area contributed by atoms with Crippen molar-refractivity contribution in [2.45, 2.75) is 51.7 Å². The van der Waals surface area contributed by atoms with Crippen molar-refractivity contribution in [2.24, 2.45) is 29.1 Å². The number of rotatable bonds is 3. The molecular weight excluding hydrogens is 408 g/mol. The highest BCUT2D eigenvalue weighted by Crippen LogP contribution is 2.59. The highest BCUT2D eigenvalue weighted by Gasteiger charge is 2.63. The lowest BCUT2D eigenvalue weighted by atomic mass is 9.48. The molecule has 0 spiro atoms. The summed E-state index contributed by atoms with van der Waals surface area (Å²) in [5.41, 5.74) is 0.266. The van der Waals surface area contributed by atoms with Gasteiger partial charge in [-0.2, -0.15) is 11.3 Å². The molecule has 7 atom stereocenters. The summed E-state index contributed by atoms with van der Waals surface area (Å²) in [4.78, 5) is 50.7. The first kappa shape index (κ1) is 21.0. The van der Waals surface area contributed by atoms with Crippen molar-refractivity contribution < 1.29 is 33.4 Å². The first-order valence-electron chi connectivity index (χ1n) is 10.3. The third kappa shape index (κ3) is 3.35. The Bertz CT molecular complexity index is 863. The van der Waals surface area contributed by atoms with E-state index in [1.165, 1.54) is 25.4 Å². The van der Waals surface area contributed by atoms with E-state index in [9.17, 15) is 19.2 Å². The average molecular weight is 435 g/mol. The van der Waals surface area contributed by atoms with Crippen molar-refractivity contribution in [3.8, 4) is 0 Å². The lowest BCUT2D eigenvalue weighted by molar-refractivity contribution is -0.194. The van der Waals surface area contributed by atoms with Crippen LogP contribution in [0.15, 0.2) is 16.8 Å². The van der Waals surface area contributed by atoms with E-state index in [-0.39, 0.29) is 24.1 Å². The Kier molecular flexibility index (Phi) is 5.46. The molecule has 0 bridgehead atoms. The molecule has 8 heteroatoms. The van der Waals surface area contributed by atoms with E-state index in [0.717, 1.165) is 5.56 Å². The number of thiophene rings is 1. The number of esters is 3. The van der Waals surface area contributed by atoms with Crippen molar-refractivity contribution >= 4 is 35.0 Å². The highest BCUT2D eigenvalue weighted by molar-refractivity contribution is 7.07. The summed E-state index contributed by atoms with van der Waals surface area (Å²) in [6.07, 6.45) is 0.321. The zero-order valence-electron chi connectivity index (χ0n) is 17.3. The van der Waals surface area contributed by atoms with Gasteiger partial charge in [0.1, 0.15) is 6.10 Å². The van der Waals surface area contributed by atoms with Crippen LogP contribution >= 0.6 is 11.3 Å². The summed E-state index contributed by atoms with van der Waals surface area (Å²) >= 11 is 1.52. The van der Waals surface area contributed by atoms with Gasteiger partial charge in [0.05, 0.1) is 18.9 Å². The van der Waals surface area contributed by atoms with Gasteiger partial charge in [-0.05, 0) is 47.4 Å². The quantitative estimate of drug-likeness (QED) is 0.533. The lowest BCUT2D eigenvalue weighted by Gasteiger charge is -2.56. The number of methoxy groups -OCH3 is 1. The fourth-order valence-corrected chi connectivity index (χ4v) is 6.58. The molecule has 30 heavy (non-hydrogen) atoms. The van der Waals surface area contributed by atoms with E-state index in [1.807, 2.05) is 23.8 Å². The average Bonchev–Trinajstić information content (AvgIpc) is 3.23. The Labute approximate surface area is 179 Å². The predicted molar refractivity (Wildman–Crippen MR) is 106 cm³/mol. The van der Waals surface area contributed by atoms with Crippen LogP contribution in [0.25, 0.3) is 0 Å². The Morgan fingerprint density at radius 1 is 1.27 bits per heavy atom. The van der Waals surface area contributed by atoms with Gasteiger partial charge in [-0.25, -0.2) is 0 Å². The summed E-state index contributed by atoms with van der Waals surface area (Å²) in [6, 6.07) is 1.92. The molecule has 2 saturated carbocycles. The molecular formula is C22H26O7S. The monoisotopic (exact) mass is 434 g/mol. The minimum absolute atomic E-state index is 0.119. The van der Waals surface area contributed by atoms with Gasteiger partial charge in [0.15, 0.2) is 11.9 Å². The second-order valence-electron chi connectivity index (χ2n) is 8.82. The third-order valence-electron chi connectivity index (χ3n) is 7.28. The zero-order valence-corrected chi connectivity index (χ0v) is 18.1. The van der Waals surface area contributed by atoms with Gasteiger partial charge in [-0.1, -0.05) is 6.92 Å². The number of ether oxygens (including phenoxy) is 3. The molecule has 0 N–H and O–H groups in total. The molecule has 7 nitrogen and oxygen atoms in total. The molecule has 0 unspecified atom stereocenters. The number of hydrogen-bond acceptors (Lipinski definition) is 8. The second kappa shape index (κ2) is 7.80. The Balaban J connectivity index is 1.73. The van der Waals surface area contributed by atoms with Gasteiger partial charge in [0.25, 0.3) is 0 Å². The number of fused-ring (bicyclic) bond motifs is 3. The summed E-state index contributed by atoms with van der Waals surface area (Å²) < 4.78 is 16.1. The maximum atomic E-state index is 13.5. The zero-order chi connectivity index (χ0) is 21.6. The van der Waals surface area contributed by atoms with Crippen molar-refractivity contribution in [2.75, 3.05) is 7.11 Å². The van der Waals surface area contributed by atoms with E-state index in [0.29, 0.717) is 19.3 Å². The minimum atomic E-state index is -0.999. The van der Waals surface area contributed by atoms with Crippen LogP contribution in [-0.4, -0.2) is 36.9 Å². The molecule has 1 aromatic heterocycles. The molecule has 0 aromatic carbocycles. The normalized spacial score (nSPS) is 38.1. The number of ketones is 1. The number of hydrogen-bond donors (Lipinski definition) is 0. The second-order valence-corrected chi connectivity index (χ2v) is 9.60. The van der Waals surface area contributed by atoms with E-state index < -0.39 is 47.3 Å². The number of Topliss-reactive ketones (excluding diaryl/α,β-unsaturated/α-hetero) is 1. The molecule has 1 aromatic rings. The summed E-state index contributed by atoms with van der Waals surface area (Å²) in [6.45, 7) is 3.19. The van der Waals surface area contributed by atoms with Crippen LogP contribution in [0, 0.1) is 29.1 Å². The van der Waals surface area contributed by atoms with Gasteiger partial charge in [-0.15, -0.1) is 0 Å². The molecule has 2 heterocycles. The van der Waals surface area contributed by atoms with Crippen LogP contribution in [0.3, 0.4) is 0 Å².